The van der Waals surface area contributed by atoms with E-state index in [0.29, 0.717) is 49.2 Å². The van der Waals surface area contributed by atoms with Crippen molar-refractivity contribution in [3.63, 3.8) is 0 Å². The quantitative estimate of drug-likeness (QED) is 0.884. The van der Waals surface area contributed by atoms with Gasteiger partial charge >= 0.3 is 12.1 Å². The number of aromatic nitrogens is 3. The van der Waals surface area contributed by atoms with Crippen LogP contribution in [0.5, 0.6) is 0 Å². The van der Waals surface area contributed by atoms with Crippen molar-refractivity contribution in [3.05, 3.63) is 35.9 Å². The summed E-state index contributed by atoms with van der Waals surface area (Å²) in [5, 5.41) is 7.29. The maximum absolute atomic E-state index is 12.4. The third-order valence-electron chi connectivity index (χ3n) is 3.96. The number of piperazine rings is 1. The molecule has 0 bridgehead atoms. The Morgan fingerprint density at radius 1 is 1.23 bits per heavy atom. The van der Waals surface area contributed by atoms with E-state index in [-0.39, 0.29) is 12.1 Å². The van der Waals surface area contributed by atoms with Gasteiger partial charge in [0.1, 0.15) is 12.7 Å². The monoisotopic (exact) mass is 378 g/mol. The SMILES string of the molecule is CCOC(=O)N1CCN(C(=O)Nc2ccc(-n3cncn3)c(Cl)c2)CC1. The van der Waals surface area contributed by atoms with Crippen molar-refractivity contribution in [1.29, 1.82) is 0 Å². The lowest BCUT2D eigenvalue weighted by molar-refractivity contribution is 0.0868. The van der Waals surface area contributed by atoms with E-state index in [4.69, 9.17) is 16.3 Å². The van der Waals surface area contributed by atoms with Crippen LogP contribution in [0.2, 0.25) is 5.02 Å². The second-order valence-electron chi connectivity index (χ2n) is 5.61. The largest absolute Gasteiger partial charge is 0.450 e. The number of hydrogen-bond donors (Lipinski definition) is 1. The highest BCUT2D eigenvalue weighted by atomic mass is 35.5. The number of amides is 3. The molecule has 1 aliphatic rings. The zero-order valence-corrected chi connectivity index (χ0v) is 15.0. The van der Waals surface area contributed by atoms with Gasteiger partial charge in [-0.3, -0.25) is 0 Å². The first-order valence-corrected chi connectivity index (χ1v) is 8.58. The van der Waals surface area contributed by atoms with Crippen LogP contribution in [0.15, 0.2) is 30.9 Å². The first-order chi connectivity index (χ1) is 12.6. The van der Waals surface area contributed by atoms with E-state index < -0.39 is 0 Å². The fourth-order valence-corrected chi connectivity index (χ4v) is 2.88. The summed E-state index contributed by atoms with van der Waals surface area (Å²) in [6.07, 6.45) is 2.62. The molecule has 0 spiro atoms. The van der Waals surface area contributed by atoms with Gasteiger partial charge in [-0.2, -0.15) is 5.10 Å². The van der Waals surface area contributed by atoms with Crippen LogP contribution in [0.25, 0.3) is 5.69 Å². The van der Waals surface area contributed by atoms with Crippen molar-refractivity contribution in [2.24, 2.45) is 0 Å². The Balaban J connectivity index is 1.57. The summed E-state index contributed by atoms with van der Waals surface area (Å²) in [7, 11) is 0. The van der Waals surface area contributed by atoms with E-state index >= 15 is 0 Å². The fourth-order valence-electron chi connectivity index (χ4n) is 2.61. The molecule has 1 aromatic heterocycles. The lowest BCUT2D eigenvalue weighted by Crippen LogP contribution is -2.51. The molecular weight excluding hydrogens is 360 g/mol. The smallest absolute Gasteiger partial charge is 0.409 e. The highest BCUT2D eigenvalue weighted by molar-refractivity contribution is 6.32. The summed E-state index contributed by atoms with van der Waals surface area (Å²) in [6.45, 7) is 3.87. The maximum atomic E-state index is 12.4. The van der Waals surface area contributed by atoms with Gasteiger partial charge in [0, 0.05) is 31.9 Å². The minimum atomic E-state index is -0.344. The Morgan fingerprint density at radius 3 is 2.58 bits per heavy atom. The van der Waals surface area contributed by atoms with Crippen LogP contribution in [-0.2, 0) is 4.74 Å². The molecule has 26 heavy (non-hydrogen) atoms. The van der Waals surface area contributed by atoms with Crippen LogP contribution in [-0.4, -0.2) is 69.5 Å². The number of rotatable bonds is 3. The summed E-state index contributed by atoms with van der Waals surface area (Å²) < 4.78 is 6.51. The molecule has 0 radical (unpaired) electrons. The van der Waals surface area contributed by atoms with E-state index in [0.717, 1.165) is 0 Å². The van der Waals surface area contributed by atoms with Crippen molar-refractivity contribution < 1.29 is 14.3 Å². The normalized spacial score (nSPS) is 14.2. The Kier molecular flexibility index (Phi) is 5.57. The van der Waals surface area contributed by atoms with Crippen LogP contribution >= 0.6 is 11.6 Å². The molecule has 1 aromatic carbocycles. The summed E-state index contributed by atoms with van der Waals surface area (Å²) in [6, 6.07) is 4.92. The standard InChI is InChI=1S/C16H19ClN6O3/c1-2-26-16(25)22-7-5-21(6-8-22)15(24)20-12-3-4-14(13(17)9-12)23-11-18-10-19-23/h3-4,9-11H,2,5-8H2,1H3,(H,20,24). The molecule has 3 rings (SSSR count). The molecule has 3 amide bonds. The number of halogens is 1. The third-order valence-corrected chi connectivity index (χ3v) is 4.26. The topological polar surface area (TPSA) is 92.6 Å². The second kappa shape index (κ2) is 8.05. The molecule has 2 aromatic rings. The molecule has 1 fully saturated rings. The summed E-state index contributed by atoms with van der Waals surface area (Å²) in [5.74, 6) is 0. The highest BCUT2D eigenvalue weighted by Crippen LogP contribution is 2.24. The summed E-state index contributed by atoms with van der Waals surface area (Å²) in [4.78, 5) is 31.2. The van der Waals surface area contributed by atoms with Crippen LogP contribution in [0.4, 0.5) is 15.3 Å². The second-order valence-corrected chi connectivity index (χ2v) is 6.02. The Morgan fingerprint density at radius 2 is 1.96 bits per heavy atom. The van der Waals surface area contributed by atoms with Crippen molar-refractivity contribution in [2.45, 2.75) is 6.92 Å². The Bertz CT molecular complexity index is 774. The molecule has 9 nitrogen and oxygen atoms in total. The van der Waals surface area contributed by atoms with Crippen molar-refractivity contribution in [3.8, 4) is 5.69 Å². The van der Waals surface area contributed by atoms with Crippen LogP contribution in [0, 0.1) is 0 Å². The predicted octanol–water partition coefficient (Wildman–Crippen LogP) is 2.23. The Labute approximate surface area is 155 Å². The minimum absolute atomic E-state index is 0.238. The van der Waals surface area contributed by atoms with Crippen LogP contribution in [0.1, 0.15) is 6.92 Å². The van der Waals surface area contributed by atoms with Crippen LogP contribution < -0.4 is 5.32 Å². The lowest BCUT2D eigenvalue weighted by atomic mass is 10.2. The van der Waals surface area contributed by atoms with Gasteiger partial charge in [-0.1, -0.05) is 11.6 Å². The number of ether oxygens (including phenoxy) is 1. The molecule has 0 unspecified atom stereocenters. The van der Waals surface area contributed by atoms with Gasteiger partial charge in [0.05, 0.1) is 17.3 Å². The van der Waals surface area contributed by atoms with E-state index in [1.165, 1.54) is 6.33 Å². The molecule has 0 saturated carbocycles. The lowest BCUT2D eigenvalue weighted by Gasteiger charge is -2.34. The molecule has 2 heterocycles. The van der Waals surface area contributed by atoms with Gasteiger partial charge in [-0.25, -0.2) is 19.3 Å². The Hall–Kier alpha value is -2.81. The van der Waals surface area contributed by atoms with Gasteiger partial charge in [0.25, 0.3) is 0 Å². The van der Waals surface area contributed by atoms with Crippen molar-refractivity contribution >= 4 is 29.4 Å². The zero-order valence-electron chi connectivity index (χ0n) is 14.3. The molecule has 1 aliphatic heterocycles. The van der Waals surface area contributed by atoms with Gasteiger partial charge in [0.15, 0.2) is 0 Å². The van der Waals surface area contributed by atoms with Gasteiger partial charge < -0.3 is 19.9 Å². The average molecular weight is 379 g/mol. The minimum Gasteiger partial charge on any atom is -0.450 e. The first-order valence-electron chi connectivity index (χ1n) is 8.20. The van der Waals surface area contributed by atoms with Gasteiger partial charge in [0.2, 0.25) is 0 Å². The number of carbonyl (C=O) groups excluding carboxylic acids is 2. The summed E-state index contributed by atoms with van der Waals surface area (Å²) >= 11 is 6.26. The van der Waals surface area contributed by atoms with Crippen LogP contribution in [0.3, 0.4) is 0 Å². The van der Waals surface area contributed by atoms with Gasteiger partial charge in [-0.05, 0) is 25.1 Å². The number of anilines is 1. The average Bonchev–Trinajstić information content (AvgIpc) is 3.16. The number of nitrogens with zero attached hydrogens (tertiary/aromatic N) is 5. The molecule has 0 atom stereocenters. The maximum Gasteiger partial charge on any atom is 0.409 e. The number of carbonyl (C=O) groups is 2. The highest BCUT2D eigenvalue weighted by Gasteiger charge is 2.24. The number of benzene rings is 1. The third kappa shape index (κ3) is 4.05. The van der Waals surface area contributed by atoms with E-state index in [9.17, 15) is 9.59 Å². The number of nitrogens with one attached hydrogen (secondary N) is 1. The fraction of sp³-hybridized carbons (Fsp3) is 0.375. The van der Waals surface area contributed by atoms with E-state index in [1.807, 2.05) is 0 Å². The summed E-state index contributed by atoms with van der Waals surface area (Å²) in [5.41, 5.74) is 1.25. The van der Waals surface area contributed by atoms with E-state index in [1.54, 1.807) is 45.9 Å². The van der Waals surface area contributed by atoms with E-state index in [2.05, 4.69) is 15.4 Å². The number of hydrogen-bond acceptors (Lipinski definition) is 5. The first kappa shape index (κ1) is 18.0. The molecule has 10 heteroatoms. The van der Waals surface area contributed by atoms with Gasteiger partial charge in [-0.15, -0.1) is 0 Å². The molecule has 1 saturated heterocycles. The molecule has 1 N–H and O–H groups in total. The number of urea groups is 1. The zero-order chi connectivity index (χ0) is 18.5. The molecule has 0 aliphatic carbocycles. The predicted molar refractivity (Wildman–Crippen MR) is 95.6 cm³/mol. The van der Waals surface area contributed by atoms with Crippen molar-refractivity contribution in [1.82, 2.24) is 24.6 Å². The molecule has 138 valence electrons. The molecular formula is C16H19ClN6O3. The van der Waals surface area contributed by atoms with Crippen molar-refractivity contribution in [2.75, 3.05) is 38.1 Å².